The second-order valence-corrected chi connectivity index (χ2v) is 3.82. The Balaban J connectivity index is 2.14. The number of nitrogens with two attached hydrogens (primary N) is 1. The molecule has 0 saturated carbocycles. The summed E-state index contributed by atoms with van der Waals surface area (Å²) in [5, 5.41) is 9.62. The molecule has 0 radical (unpaired) electrons. The largest absolute Gasteiger partial charge is 0.504 e. The van der Waals surface area contributed by atoms with Gasteiger partial charge < -0.3 is 15.6 Å². The minimum absolute atomic E-state index is 0.0177. The van der Waals surface area contributed by atoms with Crippen LogP contribution in [0.4, 0.5) is 0 Å². The van der Waals surface area contributed by atoms with Gasteiger partial charge in [-0.05, 0) is 23.8 Å². The van der Waals surface area contributed by atoms with Gasteiger partial charge in [0.1, 0.15) is 6.61 Å². The number of hydrogen-bond acceptors (Lipinski definition) is 3. The maximum atomic E-state index is 11.0. The number of ether oxygens (including phenoxy) is 1. The zero-order valence-electron chi connectivity index (χ0n) is 9.67. The molecule has 3 N–H and O–H groups in total. The Morgan fingerprint density at radius 3 is 2.56 bits per heavy atom. The minimum Gasteiger partial charge on any atom is -0.504 e. The van der Waals surface area contributed by atoms with Crippen molar-refractivity contribution in [2.24, 2.45) is 5.73 Å². The molecule has 18 heavy (non-hydrogen) atoms. The summed E-state index contributed by atoms with van der Waals surface area (Å²) < 4.78 is 5.46. The Labute approximate surface area is 105 Å². The van der Waals surface area contributed by atoms with Gasteiger partial charge in [-0.2, -0.15) is 0 Å². The number of carbonyl (C=O) groups excluding carboxylic acids is 1. The Morgan fingerprint density at radius 1 is 1.17 bits per heavy atom. The first-order valence-corrected chi connectivity index (χ1v) is 5.46. The number of rotatable bonds is 4. The van der Waals surface area contributed by atoms with Gasteiger partial charge in [-0.25, -0.2) is 0 Å². The van der Waals surface area contributed by atoms with Crippen LogP contribution in [-0.2, 0) is 6.61 Å². The lowest BCUT2D eigenvalue weighted by molar-refractivity contribution is 0.1000. The van der Waals surface area contributed by atoms with Gasteiger partial charge in [0.15, 0.2) is 11.5 Å². The van der Waals surface area contributed by atoms with E-state index in [1.54, 1.807) is 0 Å². The quantitative estimate of drug-likeness (QED) is 0.863. The molecule has 0 spiro atoms. The first-order chi connectivity index (χ1) is 8.66. The van der Waals surface area contributed by atoms with Crippen molar-refractivity contribution in [2.45, 2.75) is 6.61 Å². The van der Waals surface area contributed by atoms with Crippen LogP contribution in [0, 0.1) is 0 Å². The fourth-order valence-corrected chi connectivity index (χ4v) is 1.52. The second-order valence-electron chi connectivity index (χ2n) is 3.82. The number of carbonyl (C=O) groups is 1. The van der Waals surface area contributed by atoms with Crippen LogP contribution in [0.25, 0.3) is 0 Å². The number of hydrogen-bond donors (Lipinski definition) is 2. The van der Waals surface area contributed by atoms with Crippen molar-refractivity contribution in [1.29, 1.82) is 0 Å². The van der Waals surface area contributed by atoms with Gasteiger partial charge in [0.25, 0.3) is 0 Å². The number of phenols is 1. The van der Waals surface area contributed by atoms with E-state index in [0.29, 0.717) is 12.2 Å². The molecular weight excluding hydrogens is 230 g/mol. The smallest absolute Gasteiger partial charge is 0.248 e. The van der Waals surface area contributed by atoms with Gasteiger partial charge in [0.2, 0.25) is 5.91 Å². The van der Waals surface area contributed by atoms with Crippen molar-refractivity contribution in [1.82, 2.24) is 0 Å². The fraction of sp³-hybridized carbons (Fsp3) is 0.0714. The molecule has 2 aromatic carbocycles. The van der Waals surface area contributed by atoms with Gasteiger partial charge in [-0.1, -0.05) is 30.3 Å². The first kappa shape index (κ1) is 12.0. The van der Waals surface area contributed by atoms with E-state index >= 15 is 0 Å². The molecule has 92 valence electrons. The highest BCUT2D eigenvalue weighted by molar-refractivity contribution is 5.93. The van der Waals surface area contributed by atoms with Crippen LogP contribution in [0.1, 0.15) is 15.9 Å². The molecule has 0 aliphatic heterocycles. The Kier molecular flexibility index (Phi) is 3.48. The summed E-state index contributed by atoms with van der Waals surface area (Å²) in [6.07, 6.45) is 0. The number of phenolic OH excluding ortho intramolecular Hbond substituents is 1. The van der Waals surface area contributed by atoms with Crippen molar-refractivity contribution in [3.05, 3.63) is 59.7 Å². The normalized spacial score (nSPS) is 10.0. The molecule has 1 amide bonds. The number of aromatic hydroxyl groups is 1. The van der Waals surface area contributed by atoms with Crippen LogP contribution < -0.4 is 10.5 Å². The molecule has 0 aliphatic rings. The van der Waals surface area contributed by atoms with Crippen LogP contribution in [0.2, 0.25) is 0 Å². The maximum Gasteiger partial charge on any atom is 0.248 e. The average Bonchev–Trinajstić information content (AvgIpc) is 2.38. The van der Waals surface area contributed by atoms with Crippen molar-refractivity contribution in [3.8, 4) is 11.5 Å². The molecule has 0 atom stereocenters. The highest BCUT2D eigenvalue weighted by atomic mass is 16.5. The van der Waals surface area contributed by atoms with Gasteiger partial charge in [0.05, 0.1) is 0 Å². The van der Waals surface area contributed by atoms with Gasteiger partial charge in [-0.15, -0.1) is 0 Å². The Bertz CT molecular complexity index is 552. The van der Waals surface area contributed by atoms with E-state index in [4.69, 9.17) is 10.5 Å². The molecule has 0 saturated heterocycles. The molecule has 4 nitrogen and oxygen atoms in total. The molecular formula is C14H13NO3. The summed E-state index contributed by atoms with van der Waals surface area (Å²) in [7, 11) is 0. The van der Waals surface area contributed by atoms with Gasteiger partial charge in [0, 0.05) is 5.56 Å². The van der Waals surface area contributed by atoms with Crippen LogP contribution in [0.3, 0.4) is 0 Å². The molecule has 4 heteroatoms. The molecule has 0 heterocycles. The van der Waals surface area contributed by atoms with Crippen LogP contribution >= 0.6 is 0 Å². The van der Waals surface area contributed by atoms with Crippen LogP contribution in [0.5, 0.6) is 11.5 Å². The van der Waals surface area contributed by atoms with E-state index < -0.39 is 5.91 Å². The molecule has 0 bridgehead atoms. The van der Waals surface area contributed by atoms with E-state index in [0.717, 1.165) is 5.56 Å². The predicted molar refractivity (Wildman–Crippen MR) is 67.4 cm³/mol. The summed E-state index contributed by atoms with van der Waals surface area (Å²) in [5.41, 5.74) is 6.44. The third-order valence-corrected chi connectivity index (χ3v) is 2.48. The second kappa shape index (κ2) is 5.23. The number of amides is 1. The molecule has 2 rings (SSSR count). The summed E-state index contributed by atoms with van der Waals surface area (Å²) in [6, 6.07) is 13.8. The molecule has 0 unspecified atom stereocenters. The molecule has 0 aliphatic carbocycles. The SMILES string of the molecule is NC(=O)c1ccc(O)c(OCc2ccccc2)c1. The average molecular weight is 243 g/mol. The lowest BCUT2D eigenvalue weighted by Gasteiger charge is -2.09. The van der Waals surface area contributed by atoms with Crippen molar-refractivity contribution >= 4 is 5.91 Å². The third-order valence-electron chi connectivity index (χ3n) is 2.48. The minimum atomic E-state index is -0.556. The van der Waals surface area contributed by atoms with Crippen molar-refractivity contribution in [2.75, 3.05) is 0 Å². The summed E-state index contributed by atoms with van der Waals surface area (Å²) >= 11 is 0. The van der Waals surface area contributed by atoms with E-state index in [9.17, 15) is 9.90 Å². The lowest BCUT2D eigenvalue weighted by Crippen LogP contribution is -2.10. The summed E-state index contributed by atoms with van der Waals surface area (Å²) in [4.78, 5) is 11.0. The fourth-order valence-electron chi connectivity index (χ4n) is 1.52. The molecule has 0 aromatic heterocycles. The topological polar surface area (TPSA) is 72.6 Å². The van der Waals surface area contributed by atoms with Gasteiger partial charge >= 0.3 is 0 Å². The lowest BCUT2D eigenvalue weighted by atomic mass is 10.2. The predicted octanol–water partition coefficient (Wildman–Crippen LogP) is 2.07. The number of primary amides is 1. The standard InChI is InChI=1S/C14H13NO3/c15-14(17)11-6-7-12(16)13(8-11)18-9-10-4-2-1-3-5-10/h1-8,16H,9H2,(H2,15,17). The maximum absolute atomic E-state index is 11.0. The molecule has 2 aromatic rings. The van der Waals surface area contributed by atoms with E-state index in [-0.39, 0.29) is 11.5 Å². The Hall–Kier alpha value is -2.49. The highest BCUT2D eigenvalue weighted by Gasteiger charge is 2.07. The Morgan fingerprint density at radius 2 is 1.89 bits per heavy atom. The van der Waals surface area contributed by atoms with E-state index in [2.05, 4.69) is 0 Å². The first-order valence-electron chi connectivity index (χ1n) is 5.46. The third kappa shape index (κ3) is 2.79. The van der Waals surface area contributed by atoms with Crippen LogP contribution in [0.15, 0.2) is 48.5 Å². The summed E-state index contributed by atoms with van der Waals surface area (Å²) in [6.45, 7) is 0.316. The van der Waals surface area contributed by atoms with E-state index in [1.807, 2.05) is 30.3 Å². The van der Waals surface area contributed by atoms with E-state index in [1.165, 1.54) is 18.2 Å². The number of benzene rings is 2. The van der Waals surface area contributed by atoms with Crippen molar-refractivity contribution in [3.63, 3.8) is 0 Å². The monoisotopic (exact) mass is 243 g/mol. The molecule has 0 fully saturated rings. The van der Waals surface area contributed by atoms with Crippen molar-refractivity contribution < 1.29 is 14.6 Å². The highest BCUT2D eigenvalue weighted by Crippen LogP contribution is 2.27. The zero-order valence-corrected chi connectivity index (χ0v) is 9.67. The zero-order chi connectivity index (χ0) is 13.0. The van der Waals surface area contributed by atoms with Crippen LogP contribution in [-0.4, -0.2) is 11.0 Å². The summed E-state index contributed by atoms with van der Waals surface area (Å²) in [5.74, 6) is -0.328. The van der Waals surface area contributed by atoms with Gasteiger partial charge in [-0.3, -0.25) is 4.79 Å².